The van der Waals surface area contributed by atoms with E-state index in [1.54, 1.807) is 37.3 Å². The highest BCUT2D eigenvalue weighted by atomic mass is 16.5. The Labute approximate surface area is 299 Å². The summed E-state index contributed by atoms with van der Waals surface area (Å²) in [5.74, 6) is -3.88. The van der Waals surface area contributed by atoms with Crippen LogP contribution in [0.4, 0.5) is 4.79 Å². The Kier molecular flexibility index (Phi) is 12.6. The first kappa shape index (κ1) is 37.6. The number of carbonyl (C=O) groups excluding carboxylic acids is 6. The molecule has 2 aliphatic heterocycles. The van der Waals surface area contributed by atoms with Crippen molar-refractivity contribution in [1.82, 2.24) is 40.4 Å². The number of rotatable bonds is 13. The van der Waals surface area contributed by atoms with Crippen LogP contribution in [0.3, 0.4) is 0 Å². The van der Waals surface area contributed by atoms with Gasteiger partial charge in [-0.25, -0.2) is 14.3 Å². The predicted octanol–water partition coefficient (Wildman–Crippen LogP) is -0.0992. The summed E-state index contributed by atoms with van der Waals surface area (Å²) in [6.07, 6.45) is 2.94. The van der Waals surface area contributed by atoms with Crippen molar-refractivity contribution in [1.29, 1.82) is 0 Å². The third-order valence-electron chi connectivity index (χ3n) is 9.23. The smallest absolute Gasteiger partial charge is 0.407 e. The maximum absolute atomic E-state index is 13.7. The molecule has 3 heterocycles. The van der Waals surface area contributed by atoms with E-state index in [0.717, 1.165) is 19.3 Å². The fourth-order valence-electron chi connectivity index (χ4n) is 6.17. The molecule has 280 valence electrons. The summed E-state index contributed by atoms with van der Waals surface area (Å²) in [7, 11) is 0. The Morgan fingerprint density at radius 3 is 2.31 bits per heavy atom. The summed E-state index contributed by atoms with van der Waals surface area (Å²) in [5.41, 5.74) is 0.378. The topological polar surface area (TPSA) is 222 Å². The molecule has 0 bridgehead atoms. The molecule has 2 saturated heterocycles. The predicted molar refractivity (Wildman–Crippen MR) is 181 cm³/mol. The first-order chi connectivity index (χ1) is 25.0. The molecule has 1 aromatic heterocycles. The molecule has 3 fully saturated rings. The molecule has 0 spiro atoms. The van der Waals surface area contributed by atoms with Crippen molar-refractivity contribution in [2.24, 2.45) is 0 Å². The van der Waals surface area contributed by atoms with Gasteiger partial charge in [0.25, 0.3) is 11.8 Å². The summed E-state index contributed by atoms with van der Waals surface area (Å²) in [5, 5.41) is 21.8. The van der Waals surface area contributed by atoms with E-state index in [-0.39, 0.29) is 69.3 Å². The zero-order valence-electron chi connectivity index (χ0n) is 29.0. The van der Waals surface area contributed by atoms with Gasteiger partial charge in [0.05, 0.1) is 12.3 Å². The fourth-order valence-corrected chi connectivity index (χ4v) is 6.17. The van der Waals surface area contributed by atoms with Gasteiger partial charge in [-0.2, -0.15) is 5.10 Å². The van der Waals surface area contributed by atoms with Crippen molar-refractivity contribution in [3.05, 3.63) is 42.1 Å². The maximum Gasteiger partial charge on any atom is 0.407 e. The number of ether oxygens (including phenoxy) is 2. The minimum absolute atomic E-state index is 0.00244. The molecule has 1 aromatic carbocycles. The van der Waals surface area contributed by atoms with Gasteiger partial charge < -0.3 is 45.2 Å². The van der Waals surface area contributed by atoms with Gasteiger partial charge in [-0.1, -0.05) is 18.2 Å². The van der Waals surface area contributed by atoms with E-state index >= 15 is 0 Å². The first-order valence-electron chi connectivity index (χ1n) is 17.5. The third-order valence-corrected chi connectivity index (χ3v) is 9.23. The van der Waals surface area contributed by atoms with Crippen LogP contribution in [-0.4, -0.2) is 142 Å². The number of piperazine rings is 1. The second-order valence-electron chi connectivity index (χ2n) is 12.7. The molecule has 2 aromatic rings. The summed E-state index contributed by atoms with van der Waals surface area (Å²) in [6.45, 7) is 1.69. The summed E-state index contributed by atoms with van der Waals surface area (Å²) in [6, 6.07) is 8.44. The van der Waals surface area contributed by atoms with Gasteiger partial charge in [0, 0.05) is 51.4 Å². The number of carboxylic acid groups (broad SMARTS) is 1. The monoisotopic (exact) mass is 724 g/mol. The van der Waals surface area contributed by atoms with Gasteiger partial charge >= 0.3 is 18.0 Å². The molecule has 3 aliphatic rings. The number of para-hydroxylation sites is 1. The highest BCUT2D eigenvalue weighted by Crippen LogP contribution is 2.24. The van der Waals surface area contributed by atoms with E-state index in [2.05, 4.69) is 21.0 Å². The Morgan fingerprint density at radius 1 is 0.942 bits per heavy atom. The standard InChI is InChI=1S/C34H44N8O10/c1-2-51-33(48)31(46)35-14-13-24(32(47)39-16-18-40(19-17-39)34(49)50)37-29(44)25-20-28(42(38-25)23-10-4-3-5-11-23)52-21-27(43)41-15-7-12-26(41)30(45)36-22-8-6-9-22/h3-5,10-11,20,22,24,26H,2,6-9,12-19,21H2,1H3,(H,35,46)(H,36,45)(H,37,44)(H,49,50). The number of benzene rings is 1. The molecule has 4 N–H and O–H groups in total. The summed E-state index contributed by atoms with van der Waals surface area (Å²) < 4.78 is 12.0. The largest absolute Gasteiger partial charge is 0.467 e. The van der Waals surface area contributed by atoms with Crippen molar-refractivity contribution < 1.29 is 48.1 Å². The van der Waals surface area contributed by atoms with Crippen LogP contribution in [0.15, 0.2) is 36.4 Å². The van der Waals surface area contributed by atoms with E-state index in [1.807, 2.05) is 0 Å². The van der Waals surface area contributed by atoms with E-state index in [4.69, 9.17) is 9.47 Å². The Hall–Kier alpha value is -5.68. The number of hydrogen-bond donors (Lipinski definition) is 4. The number of amides is 6. The molecule has 18 nitrogen and oxygen atoms in total. The van der Waals surface area contributed by atoms with Crippen molar-refractivity contribution in [2.45, 2.75) is 63.6 Å². The number of hydrogen-bond acceptors (Lipinski definition) is 10. The van der Waals surface area contributed by atoms with E-state index in [9.17, 15) is 38.7 Å². The minimum atomic E-state index is -1.20. The second kappa shape index (κ2) is 17.5. The molecule has 2 atom stereocenters. The quantitative estimate of drug-likeness (QED) is 0.158. The normalized spacial score (nSPS) is 17.8. The molecule has 52 heavy (non-hydrogen) atoms. The lowest BCUT2D eigenvalue weighted by Gasteiger charge is -2.35. The van der Waals surface area contributed by atoms with Crippen molar-refractivity contribution in [2.75, 3.05) is 52.5 Å². The third kappa shape index (κ3) is 9.35. The summed E-state index contributed by atoms with van der Waals surface area (Å²) in [4.78, 5) is 92.9. The van der Waals surface area contributed by atoms with Gasteiger partial charge in [-0.3, -0.25) is 24.0 Å². The van der Waals surface area contributed by atoms with Crippen LogP contribution in [0.2, 0.25) is 0 Å². The molecule has 1 saturated carbocycles. The van der Waals surface area contributed by atoms with Crippen LogP contribution in [0.25, 0.3) is 5.69 Å². The number of likely N-dealkylation sites (tertiary alicyclic amines) is 1. The number of aromatic nitrogens is 2. The van der Waals surface area contributed by atoms with Gasteiger partial charge in [-0.15, -0.1) is 0 Å². The van der Waals surface area contributed by atoms with Crippen LogP contribution >= 0.6 is 0 Å². The van der Waals surface area contributed by atoms with Crippen molar-refractivity contribution in [3.63, 3.8) is 0 Å². The van der Waals surface area contributed by atoms with Crippen LogP contribution in [0.5, 0.6) is 5.88 Å². The first-order valence-corrected chi connectivity index (χ1v) is 17.5. The average Bonchev–Trinajstić information content (AvgIpc) is 3.80. The lowest BCUT2D eigenvalue weighted by Crippen LogP contribution is -2.56. The highest BCUT2D eigenvalue weighted by Gasteiger charge is 2.36. The van der Waals surface area contributed by atoms with E-state index < -0.39 is 54.4 Å². The molecule has 6 amide bonds. The van der Waals surface area contributed by atoms with Crippen molar-refractivity contribution >= 4 is 41.6 Å². The van der Waals surface area contributed by atoms with Crippen LogP contribution in [0, 0.1) is 0 Å². The minimum Gasteiger partial charge on any atom is -0.467 e. The zero-order valence-corrected chi connectivity index (χ0v) is 29.0. The van der Waals surface area contributed by atoms with Crippen LogP contribution < -0.4 is 20.7 Å². The Morgan fingerprint density at radius 2 is 1.65 bits per heavy atom. The highest BCUT2D eigenvalue weighted by molar-refractivity contribution is 6.32. The SMILES string of the molecule is CCOC(=O)C(=O)NCCC(NC(=O)c1cc(OCC(=O)N2CCCC2C(=O)NC2CCC2)n(-c2ccccc2)n1)C(=O)N1CCN(C(=O)O)CC1. The van der Waals surface area contributed by atoms with Gasteiger partial charge in [-0.05, 0) is 57.6 Å². The molecular weight excluding hydrogens is 680 g/mol. The Balaban J connectivity index is 1.29. The molecule has 2 unspecified atom stereocenters. The molecule has 5 rings (SSSR count). The second-order valence-corrected chi connectivity index (χ2v) is 12.7. The average molecular weight is 725 g/mol. The van der Waals surface area contributed by atoms with Crippen molar-refractivity contribution in [3.8, 4) is 11.6 Å². The van der Waals surface area contributed by atoms with Crippen LogP contribution in [0.1, 0.15) is 55.9 Å². The molecular formula is C34H44N8O10. The lowest BCUT2D eigenvalue weighted by atomic mass is 9.93. The van der Waals surface area contributed by atoms with Crippen LogP contribution in [-0.2, 0) is 28.7 Å². The lowest BCUT2D eigenvalue weighted by molar-refractivity contribution is -0.154. The number of esters is 1. The summed E-state index contributed by atoms with van der Waals surface area (Å²) >= 11 is 0. The zero-order chi connectivity index (χ0) is 37.2. The molecule has 18 heteroatoms. The van der Waals surface area contributed by atoms with E-state index in [1.165, 1.54) is 25.4 Å². The Bertz CT molecular complexity index is 1640. The van der Waals surface area contributed by atoms with Gasteiger partial charge in [0.15, 0.2) is 12.3 Å². The van der Waals surface area contributed by atoms with Gasteiger partial charge in [0.2, 0.25) is 17.7 Å². The number of nitrogens with one attached hydrogen (secondary N) is 3. The molecule has 0 radical (unpaired) electrons. The van der Waals surface area contributed by atoms with E-state index in [0.29, 0.717) is 25.1 Å². The molecule has 1 aliphatic carbocycles. The number of nitrogens with zero attached hydrogens (tertiary/aromatic N) is 5. The number of carbonyl (C=O) groups is 7. The maximum atomic E-state index is 13.7. The fraction of sp³-hybridized carbons (Fsp3) is 0.529. The van der Waals surface area contributed by atoms with Gasteiger partial charge in [0.1, 0.15) is 12.1 Å².